The molecule has 0 radical (unpaired) electrons. The maximum absolute atomic E-state index is 12.3. The van der Waals surface area contributed by atoms with E-state index in [9.17, 15) is 14.4 Å². The predicted molar refractivity (Wildman–Crippen MR) is 118 cm³/mol. The summed E-state index contributed by atoms with van der Waals surface area (Å²) < 4.78 is 21.1. The van der Waals surface area contributed by atoms with E-state index in [1.807, 2.05) is 0 Å². The number of carbonyl (C=O) groups excluding carboxylic acids is 3. The molecule has 0 saturated heterocycles. The second-order valence-corrected chi connectivity index (χ2v) is 6.48. The Hall–Kier alpha value is -4.01. The minimum Gasteiger partial charge on any atom is -0.495 e. The van der Waals surface area contributed by atoms with Crippen LogP contribution in [0.25, 0.3) is 0 Å². The van der Waals surface area contributed by atoms with E-state index in [1.165, 1.54) is 45.4 Å². The van der Waals surface area contributed by atoms with Crippen LogP contribution in [0.1, 0.15) is 17.3 Å². The fourth-order valence-corrected chi connectivity index (χ4v) is 2.59. The molecule has 0 saturated carbocycles. The van der Waals surface area contributed by atoms with Crippen molar-refractivity contribution in [1.82, 2.24) is 5.32 Å². The molecule has 9 nitrogen and oxygen atoms in total. The number of ether oxygens (including phenoxy) is 4. The van der Waals surface area contributed by atoms with Gasteiger partial charge >= 0.3 is 5.97 Å². The van der Waals surface area contributed by atoms with E-state index >= 15 is 0 Å². The van der Waals surface area contributed by atoms with E-state index in [4.69, 9.17) is 18.9 Å². The van der Waals surface area contributed by atoms with Gasteiger partial charge in [-0.2, -0.15) is 0 Å². The van der Waals surface area contributed by atoms with Gasteiger partial charge in [0.05, 0.1) is 25.5 Å². The molecule has 2 N–H and O–H groups in total. The number of hydrogen-bond donors (Lipinski definition) is 2. The third-order valence-corrected chi connectivity index (χ3v) is 4.21. The molecule has 32 heavy (non-hydrogen) atoms. The molecule has 0 aliphatic heterocycles. The highest BCUT2D eigenvalue weighted by Crippen LogP contribution is 2.29. The summed E-state index contributed by atoms with van der Waals surface area (Å²) in [7, 11) is 2.91. The molecule has 2 rings (SSSR count). The second kappa shape index (κ2) is 12.0. The highest BCUT2D eigenvalue weighted by atomic mass is 16.5. The number of methoxy groups -OCH3 is 2. The lowest BCUT2D eigenvalue weighted by atomic mass is 10.2. The number of esters is 1. The molecule has 0 aliphatic rings. The summed E-state index contributed by atoms with van der Waals surface area (Å²) in [6.07, 6.45) is 0.537. The lowest BCUT2D eigenvalue weighted by Gasteiger charge is -2.15. The Bertz CT molecular complexity index is 975. The van der Waals surface area contributed by atoms with Gasteiger partial charge in [-0.1, -0.05) is 18.2 Å². The Labute approximate surface area is 186 Å². The van der Waals surface area contributed by atoms with E-state index in [0.29, 0.717) is 11.4 Å². The Morgan fingerprint density at radius 3 is 2.44 bits per heavy atom. The van der Waals surface area contributed by atoms with Gasteiger partial charge in [0.15, 0.2) is 24.2 Å². The van der Waals surface area contributed by atoms with Gasteiger partial charge in [0, 0.05) is 6.54 Å². The van der Waals surface area contributed by atoms with Gasteiger partial charge in [-0.25, -0.2) is 4.79 Å². The van der Waals surface area contributed by atoms with Crippen molar-refractivity contribution in [2.75, 3.05) is 32.7 Å². The molecule has 2 aromatic carbocycles. The fraction of sp³-hybridized carbons (Fsp3) is 0.261. The molecule has 0 spiro atoms. The molecule has 0 heterocycles. The average Bonchev–Trinajstić information content (AvgIpc) is 2.81. The number of nitrogens with one attached hydrogen (secondary N) is 2. The largest absolute Gasteiger partial charge is 0.495 e. The van der Waals surface area contributed by atoms with Crippen LogP contribution in [0.5, 0.6) is 17.2 Å². The van der Waals surface area contributed by atoms with E-state index in [2.05, 4.69) is 17.2 Å². The molecule has 2 aromatic rings. The lowest BCUT2D eigenvalue weighted by Crippen LogP contribution is -2.35. The summed E-state index contributed by atoms with van der Waals surface area (Å²) in [5.41, 5.74) is 0.677. The number of anilines is 1. The third-order valence-electron chi connectivity index (χ3n) is 4.21. The summed E-state index contributed by atoms with van der Waals surface area (Å²) in [5, 5.41) is 5.25. The third kappa shape index (κ3) is 6.76. The van der Waals surface area contributed by atoms with Crippen LogP contribution in [0.4, 0.5) is 5.69 Å². The van der Waals surface area contributed by atoms with Crippen LogP contribution in [-0.4, -0.2) is 51.3 Å². The van der Waals surface area contributed by atoms with Gasteiger partial charge in [-0.3, -0.25) is 9.59 Å². The van der Waals surface area contributed by atoms with Gasteiger partial charge in [0.25, 0.3) is 11.8 Å². The molecule has 2 amide bonds. The van der Waals surface area contributed by atoms with Gasteiger partial charge in [-0.15, -0.1) is 6.58 Å². The minimum atomic E-state index is -0.983. The first-order valence-electron chi connectivity index (χ1n) is 9.72. The molecule has 1 unspecified atom stereocenters. The molecule has 0 aromatic heterocycles. The van der Waals surface area contributed by atoms with E-state index < -0.39 is 23.9 Å². The van der Waals surface area contributed by atoms with Crippen LogP contribution in [0.2, 0.25) is 0 Å². The van der Waals surface area contributed by atoms with Gasteiger partial charge in [0.1, 0.15) is 5.75 Å². The standard InChI is InChI=1S/C23H26N2O7/c1-5-12-24-22(27)15(2)32-23(28)16-10-11-19(20(13-16)30-4)31-14-21(26)25-17-8-6-7-9-18(17)29-3/h5-11,13,15H,1,12,14H2,2-4H3,(H,24,27)(H,25,26). The minimum absolute atomic E-state index is 0.163. The Morgan fingerprint density at radius 1 is 1.03 bits per heavy atom. The molecule has 9 heteroatoms. The Morgan fingerprint density at radius 2 is 1.75 bits per heavy atom. The number of para-hydroxylation sites is 2. The van der Waals surface area contributed by atoms with Gasteiger partial charge in [-0.05, 0) is 37.3 Å². The summed E-state index contributed by atoms with van der Waals surface area (Å²) in [4.78, 5) is 36.4. The van der Waals surface area contributed by atoms with Gasteiger partial charge < -0.3 is 29.6 Å². The van der Waals surface area contributed by atoms with Crippen molar-refractivity contribution in [3.63, 3.8) is 0 Å². The predicted octanol–water partition coefficient (Wildman–Crippen LogP) is 2.57. The number of amides is 2. The first-order valence-corrected chi connectivity index (χ1v) is 9.72. The zero-order valence-electron chi connectivity index (χ0n) is 18.2. The first kappa shape index (κ1) is 24.3. The summed E-state index contributed by atoms with van der Waals surface area (Å²) in [6.45, 7) is 4.94. The number of rotatable bonds is 11. The van der Waals surface area contributed by atoms with Crippen molar-refractivity contribution >= 4 is 23.5 Å². The summed E-state index contributed by atoms with van der Waals surface area (Å²) >= 11 is 0. The molecule has 0 aliphatic carbocycles. The van der Waals surface area contributed by atoms with Crippen LogP contribution in [-0.2, 0) is 14.3 Å². The van der Waals surface area contributed by atoms with Crippen molar-refractivity contribution in [2.45, 2.75) is 13.0 Å². The first-order chi connectivity index (χ1) is 15.4. The van der Waals surface area contributed by atoms with E-state index in [0.717, 1.165) is 0 Å². The fourth-order valence-electron chi connectivity index (χ4n) is 2.59. The molecule has 0 fully saturated rings. The van der Waals surface area contributed by atoms with E-state index in [1.54, 1.807) is 24.3 Å². The monoisotopic (exact) mass is 442 g/mol. The lowest BCUT2D eigenvalue weighted by molar-refractivity contribution is -0.128. The van der Waals surface area contributed by atoms with Crippen LogP contribution in [0.3, 0.4) is 0 Å². The highest BCUT2D eigenvalue weighted by molar-refractivity contribution is 5.94. The van der Waals surface area contributed by atoms with Crippen LogP contribution in [0, 0.1) is 0 Å². The van der Waals surface area contributed by atoms with Crippen molar-refractivity contribution in [3.8, 4) is 17.2 Å². The average molecular weight is 442 g/mol. The Kier molecular flexibility index (Phi) is 9.09. The van der Waals surface area contributed by atoms with Gasteiger partial charge in [0.2, 0.25) is 0 Å². The molecule has 170 valence electrons. The van der Waals surface area contributed by atoms with Crippen molar-refractivity contribution in [2.24, 2.45) is 0 Å². The van der Waals surface area contributed by atoms with E-state index in [-0.39, 0.29) is 30.2 Å². The maximum atomic E-state index is 12.3. The van der Waals surface area contributed by atoms with Crippen LogP contribution < -0.4 is 24.8 Å². The quantitative estimate of drug-likeness (QED) is 0.406. The smallest absolute Gasteiger partial charge is 0.339 e. The maximum Gasteiger partial charge on any atom is 0.339 e. The van der Waals surface area contributed by atoms with Crippen molar-refractivity contribution < 1.29 is 33.3 Å². The highest BCUT2D eigenvalue weighted by Gasteiger charge is 2.20. The molecule has 1 atom stereocenters. The zero-order valence-corrected chi connectivity index (χ0v) is 18.2. The molecular formula is C23H26N2O7. The number of benzene rings is 2. The number of hydrogen-bond acceptors (Lipinski definition) is 7. The number of carbonyl (C=O) groups is 3. The second-order valence-electron chi connectivity index (χ2n) is 6.48. The van der Waals surface area contributed by atoms with Crippen LogP contribution in [0.15, 0.2) is 55.1 Å². The Balaban J connectivity index is 1.99. The van der Waals surface area contributed by atoms with Crippen molar-refractivity contribution in [1.29, 1.82) is 0 Å². The topological polar surface area (TPSA) is 112 Å². The SMILES string of the molecule is C=CCNC(=O)C(C)OC(=O)c1ccc(OCC(=O)Nc2ccccc2OC)c(OC)c1. The normalized spacial score (nSPS) is 11.0. The molecule has 0 bridgehead atoms. The summed E-state index contributed by atoms with van der Waals surface area (Å²) in [5.74, 6) is -0.534. The zero-order chi connectivity index (χ0) is 23.5. The summed E-state index contributed by atoms with van der Waals surface area (Å²) in [6, 6.07) is 11.3. The molecular weight excluding hydrogens is 416 g/mol. The van der Waals surface area contributed by atoms with Crippen molar-refractivity contribution in [3.05, 3.63) is 60.7 Å². The van der Waals surface area contributed by atoms with Crippen LogP contribution >= 0.6 is 0 Å².